The van der Waals surface area contributed by atoms with Crippen molar-refractivity contribution in [3.05, 3.63) is 90.0 Å². The highest BCUT2D eigenvalue weighted by atomic mass is 14.9. The summed E-state index contributed by atoms with van der Waals surface area (Å²) in [7, 11) is 0. The molecule has 106 valence electrons. The van der Waals surface area contributed by atoms with E-state index in [2.05, 4.69) is 47.8 Å². The zero-order valence-electron chi connectivity index (χ0n) is 12.2. The van der Waals surface area contributed by atoms with E-state index in [0.717, 1.165) is 23.4 Å². The van der Waals surface area contributed by atoms with Crippen LogP contribution in [0.5, 0.6) is 0 Å². The zero-order valence-corrected chi connectivity index (χ0v) is 12.2. The van der Waals surface area contributed by atoms with Crippen LogP contribution in [0.15, 0.2) is 78.9 Å². The standard InChI is InChI=1S/C20H16N2/c21-14-18-6-4-5-9-20(18)17-12-10-16(11-13-17)15-22-19-7-2-1-3-8-19/h1-13,22H,15H2. The zero-order chi connectivity index (χ0) is 15.2. The Bertz CT molecular complexity index is 784. The SMILES string of the molecule is N#Cc1ccccc1-c1ccc(CNc2ccccc2)cc1. The average molecular weight is 284 g/mol. The molecule has 2 heteroatoms. The topological polar surface area (TPSA) is 35.8 Å². The molecule has 22 heavy (non-hydrogen) atoms. The first-order chi connectivity index (χ1) is 10.9. The fourth-order valence-electron chi connectivity index (χ4n) is 2.39. The summed E-state index contributed by atoms with van der Waals surface area (Å²) in [6.07, 6.45) is 0. The number of rotatable bonds is 4. The van der Waals surface area contributed by atoms with Crippen LogP contribution in [-0.2, 0) is 6.54 Å². The molecule has 0 aliphatic carbocycles. The highest BCUT2D eigenvalue weighted by Crippen LogP contribution is 2.23. The number of benzene rings is 3. The Morgan fingerprint density at radius 2 is 1.45 bits per heavy atom. The smallest absolute Gasteiger partial charge is 0.0998 e. The average Bonchev–Trinajstić information content (AvgIpc) is 2.61. The fraction of sp³-hybridized carbons (Fsp3) is 0.0500. The minimum atomic E-state index is 0.706. The van der Waals surface area contributed by atoms with Gasteiger partial charge in [-0.1, -0.05) is 60.7 Å². The van der Waals surface area contributed by atoms with Crippen molar-refractivity contribution in [3.63, 3.8) is 0 Å². The third-order valence-corrected chi connectivity index (χ3v) is 3.58. The quantitative estimate of drug-likeness (QED) is 0.744. The van der Waals surface area contributed by atoms with E-state index in [9.17, 15) is 5.26 Å². The number of hydrogen-bond donors (Lipinski definition) is 1. The molecule has 0 saturated heterocycles. The summed E-state index contributed by atoms with van der Waals surface area (Å²) in [5, 5.41) is 12.6. The summed E-state index contributed by atoms with van der Waals surface area (Å²) in [4.78, 5) is 0. The van der Waals surface area contributed by atoms with Crippen molar-refractivity contribution in [3.8, 4) is 17.2 Å². The Morgan fingerprint density at radius 3 is 2.18 bits per heavy atom. The minimum Gasteiger partial charge on any atom is -0.381 e. The molecule has 0 amide bonds. The Hall–Kier alpha value is -3.05. The number of hydrogen-bond acceptors (Lipinski definition) is 2. The van der Waals surface area contributed by atoms with Crippen LogP contribution in [0.2, 0.25) is 0 Å². The summed E-state index contributed by atoms with van der Waals surface area (Å²) in [5.74, 6) is 0. The molecule has 0 bridgehead atoms. The van der Waals surface area contributed by atoms with E-state index in [4.69, 9.17) is 0 Å². The predicted molar refractivity (Wildman–Crippen MR) is 90.4 cm³/mol. The van der Waals surface area contributed by atoms with Crippen molar-refractivity contribution in [1.29, 1.82) is 5.26 Å². The van der Waals surface area contributed by atoms with Gasteiger partial charge in [0.1, 0.15) is 0 Å². The Kier molecular flexibility index (Phi) is 4.17. The first-order valence-electron chi connectivity index (χ1n) is 7.24. The van der Waals surface area contributed by atoms with Crippen molar-refractivity contribution in [2.45, 2.75) is 6.54 Å². The fourth-order valence-corrected chi connectivity index (χ4v) is 2.39. The van der Waals surface area contributed by atoms with Gasteiger partial charge in [-0.3, -0.25) is 0 Å². The second-order valence-electron chi connectivity index (χ2n) is 5.07. The highest BCUT2D eigenvalue weighted by Gasteiger charge is 2.03. The lowest BCUT2D eigenvalue weighted by Crippen LogP contribution is -1.98. The molecule has 3 rings (SSSR count). The van der Waals surface area contributed by atoms with Crippen LogP contribution >= 0.6 is 0 Å². The maximum absolute atomic E-state index is 9.18. The first kappa shape index (κ1) is 13.9. The molecule has 1 N–H and O–H groups in total. The van der Waals surface area contributed by atoms with Crippen LogP contribution in [0.25, 0.3) is 11.1 Å². The number of nitriles is 1. The van der Waals surface area contributed by atoms with E-state index in [0.29, 0.717) is 5.56 Å². The van der Waals surface area contributed by atoms with Crippen LogP contribution in [0.3, 0.4) is 0 Å². The van der Waals surface area contributed by atoms with Gasteiger partial charge >= 0.3 is 0 Å². The van der Waals surface area contributed by atoms with Crippen molar-refractivity contribution in [1.82, 2.24) is 0 Å². The molecule has 0 unspecified atom stereocenters. The Morgan fingerprint density at radius 1 is 0.773 bits per heavy atom. The van der Waals surface area contributed by atoms with Gasteiger partial charge in [-0.2, -0.15) is 5.26 Å². The summed E-state index contributed by atoms with van der Waals surface area (Å²) in [6.45, 7) is 0.782. The summed E-state index contributed by atoms with van der Waals surface area (Å²) in [5.41, 5.74) is 5.08. The molecule has 0 atom stereocenters. The Balaban J connectivity index is 1.74. The van der Waals surface area contributed by atoms with Gasteiger partial charge in [0.15, 0.2) is 0 Å². The first-order valence-corrected chi connectivity index (χ1v) is 7.24. The van der Waals surface area contributed by atoms with Crippen molar-refractivity contribution < 1.29 is 0 Å². The number of anilines is 1. The molecule has 0 fully saturated rings. The van der Waals surface area contributed by atoms with Crippen LogP contribution in [0, 0.1) is 11.3 Å². The third-order valence-electron chi connectivity index (χ3n) is 3.58. The molecule has 3 aromatic rings. The highest BCUT2D eigenvalue weighted by molar-refractivity contribution is 5.70. The molecule has 0 aliphatic rings. The molecule has 0 aromatic heterocycles. The van der Waals surface area contributed by atoms with Gasteiger partial charge in [0, 0.05) is 12.2 Å². The second kappa shape index (κ2) is 6.60. The van der Waals surface area contributed by atoms with Crippen molar-refractivity contribution >= 4 is 5.69 Å². The molecule has 0 radical (unpaired) electrons. The Labute approximate surface area is 130 Å². The number of nitrogens with zero attached hydrogens (tertiary/aromatic N) is 1. The molecular weight excluding hydrogens is 268 g/mol. The maximum Gasteiger partial charge on any atom is 0.0998 e. The van der Waals surface area contributed by atoms with Crippen LogP contribution in [0.1, 0.15) is 11.1 Å². The van der Waals surface area contributed by atoms with Gasteiger partial charge in [0.2, 0.25) is 0 Å². The van der Waals surface area contributed by atoms with Gasteiger partial charge in [-0.15, -0.1) is 0 Å². The van der Waals surface area contributed by atoms with Gasteiger partial charge < -0.3 is 5.32 Å². The normalized spacial score (nSPS) is 9.95. The van der Waals surface area contributed by atoms with E-state index in [1.807, 2.05) is 42.5 Å². The lowest BCUT2D eigenvalue weighted by atomic mass is 9.99. The maximum atomic E-state index is 9.18. The van der Waals surface area contributed by atoms with Crippen LogP contribution < -0.4 is 5.32 Å². The van der Waals surface area contributed by atoms with Crippen molar-refractivity contribution in [2.24, 2.45) is 0 Å². The van der Waals surface area contributed by atoms with Gasteiger partial charge in [0.05, 0.1) is 11.6 Å². The lowest BCUT2D eigenvalue weighted by Gasteiger charge is -2.08. The summed E-state index contributed by atoms with van der Waals surface area (Å²) in [6, 6.07) is 28.4. The third kappa shape index (κ3) is 3.16. The lowest BCUT2D eigenvalue weighted by molar-refractivity contribution is 1.15. The molecule has 2 nitrogen and oxygen atoms in total. The largest absolute Gasteiger partial charge is 0.381 e. The monoisotopic (exact) mass is 284 g/mol. The second-order valence-corrected chi connectivity index (χ2v) is 5.07. The minimum absolute atomic E-state index is 0.706. The van der Waals surface area contributed by atoms with E-state index in [1.165, 1.54) is 5.56 Å². The molecule has 0 aliphatic heterocycles. The molecular formula is C20H16N2. The van der Waals surface area contributed by atoms with E-state index in [-0.39, 0.29) is 0 Å². The van der Waals surface area contributed by atoms with E-state index in [1.54, 1.807) is 0 Å². The summed E-state index contributed by atoms with van der Waals surface area (Å²) >= 11 is 0. The summed E-state index contributed by atoms with van der Waals surface area (Å²) < 4.78 is 0. The number of para-hydroxylation sites is 1. The molecule has 0 heterocycles. The van der Waals surface area contributed by atoms with Crippen LogP contribution in [-0.4, -0.2) is 0 Å². The molecule has 0 spiro atoms. The van der Waals surface area contributed by atoms with Gasteiger partial charge in [-0.25, -0.2) is 0 Å². The van der Waals surface area contributed by atoms with Crippen LogP contribution in [0.4, 0.5) is 5.69 Å². The van der Waals surface area contributed by atoms with Gasteiger partial charge in [0.25, 0.3) is 0 Å². The van der Waals surface area contributed by atoms with E-state index < -0.39 is 0 Å². The van der Waals surface area contributed by atoms with Crippen molar-refractivity contribution in [2.75, 3.05) is 5.32 Å². The van der Waals surface area contributed by atoms with E-state index >= 15 is 0 Å². The molecule has 0 saturated carbocycles. The molecule has 3 aromatic carbocycles. The van der Waals surface area contributed by atoms with Gasteiger partial charge in [-0.05, 0) is 34.9 Å². The number of nitrogens with one attached hydrogen (secondary N) is 1. The predicted octanol–water partition coefficient (Wildman–Crippen LogP) is 4.84.